The lowest BCUT2D eigenvalue weighted by Crippen LogP contribution is -2.56. The van der Waals surface area contributed by atoms with Gasteiger partial charge in [0.2, 0.25) is 0 Å². The molecule has 4 nitrogen and oxygen atoms in total. The summed E-state index contributed by atoms with van der Waals surface area (Å²) in [7, 11) is 0. The largest absolute Gasteiger partial charge is 0.481 e. The highest BCUT2D eigenvalue weighted by Crippen LogP contribution is 2.39. The number of carbonyl (C=O) groups excluding carboxylic acids is 1. The molecule has 6 heteroatoms. The number of nitrogens with two attached hydrogens (primary N) is 1. The highest BCUT2D eigenvalue weighted by molar-refractivity contribution is 6.34. The van der Waals surface area contributed by atoms with E-state index in [0.29, 0.717) is 28.3 Å². The first-order valence-electron chi connectivity index (χ1n) is 6.99. The summed E-state index contributed by atoms with van der Waals surface area (Å²) in [5.41, 5.74) is 5.44. The number of amides is 1. The SMILES string of the molecule is CC(Oc1cc(Cl)cc(Cl)c1)C(=O)NC(C)(CN)C1CC1. The van der Waals surface area contributed by atoms with Gasteiger partial charge in [0, 0.05) is 16.6 Å². The second kappa shape index (κ2) is 6.42. The molecule has 1 amide bonds. The van der Waals surface area contributed by atoms with Crippen molar-refractivity contribution in [2.75, 3.05) is 6.54 Å². The van der Waals surface area contributed by atoms with E-state index in [-0.39, 0.29) is 11.4 Å². The van der Waals surface area contributed by atoms with E-state index in [1.807, 2.05) is 6.92 Å². The van der Waals surface area contributed by atoms with Gasteiger partial charge in [-0.05, 0) is 50.8 Å². The Kier molecular flexibility index (Phi) is 5.02. The van der Waals surface area contributed by atoms with Crippen LogP contribution in [-0.4, -0.2) is 24.1 Å². The van der Waals surface area contributed by atoms with Crippen molar-refractivity contribution in [3.63, 3.8) is 0 Å². The number of halogens is 2. The molecule has 0 spiro atoms. The molecule has 2 rings (SSSR count). The Labute approximate surface area is 134 Å². The van der Waals surface area contributed by atoms with Gasteiger partial charge in [-0.2, -0.15) is 0 Å². The van der Waals surface area contributed by atoms with Crippen molar-refractivity contribution in [2.24, 2.45) is 11.7 Å². The first-order valence-corrected chi connectivity index (χ1v) is 7.74. The molecule has 1 aromatic rings. The minimum atomic E-state index is -0.649. The zero-order valence-corrected chi connectivity index (χ0v) is 13.7. The molecule has 0 aliphatic heterocycles. The number of ether oxygens (including phenoxy) is 1. The molecule has 1 fully saturated rings. The molecule has 1 saturated carbocycles. The lowest BCUT2D eigenvalue weighted by atomic mass is 9.95. The Morgan fingerprint density at radius 2 is 2.00 bits per heavy atom. The minimum absolute atomic E-state index is 0.189. The Bertz CT molecular complexity index is 514. The Morgan fingerprint density at radius 1 is 1.43 bits per heavy atom. The molecular formula is C15H20Cl2N2O2. The fourth-order valence-corrected chi connectivity index (χ4v) is 2.78. The molecule has 1 aliphatic rings. The van der Waals surface area contributed by atoms with Crippen LogP contribution in [-0.2, 0) is 4.79 Å². The number of nitrogens with one attached hydrogen (secondary N) is 1. The molecule has 116 valence electrons. The summed E-state index contributed by atoms with van der Waals surface area (Å²) in [6.45, 7) is 4.08. The first-order chi connectivity index (χ1) is 9.84. The van der Waals surface area contributed by atoms with Crippen LogP contribution < -0.4 is 15.8 Å². The normalized spacial score (nSPS) is 18.7. The zero-order valence-electron chi connectivity index (χ0n) is 12.2. The first kappa shape index (κ1) is 16.4. The van der Waals surface area contributed by atoms with Crippen LogP contribution in [0.5, 0.6) is 5.75 Å². The maximum atomic E-state index is 12.3. The van der Waals surface area contributed by atoms with Gasteiger partial charge < -0.3 is 15.8 Å². The molecule has 1 aliphatic carbocycles. The van der Waals surface area contributed by atoms with Crippen LogP contribution in [0.2, 0.25) is 10.0 Å². The monoisotopic (exact) mass is 330 g/mol. The average Bonchev–Trinajstić information content (AvgIpc) is 3.21. The van der Waals surface area contributed by atoms with Crippen LogP contribution in [0.3, 0.4) is 0 Å². The van der Waals surface area contributed by atoms with Crippen LogP contribution in [0.4, 0.5) is 0 Å². The maximum Gasteiger partial charge on any atom is 0.261 e. The van der Waals surface area contributed by atoms with Gasteiger partial charge in [0.05, 0.1) is 5.54 Å². The van der Waals surface area contributed by atoms with Crippen molar-refractivity contribution < 1.29 is 9.53 Å². The second-order valence-electron chi connectivity index (χ2n) is 5.75. The molecule has 21 heavy (non-hydrogen) atoms. The topological polar surface area (TPSA) is 64.3 Å². The summed E-state index contributed by atoms with van der Waals surface area (Å²) in [4.78, 5) is 12.3. The van der Waals surface area contributed by atoms with Crippen LogP contribution in [0.1, 0.15) is 26.7 Å². The van der Waals surface area contributed by atoms with E-state index in [1.165, 1.54) is 0 Å². The fourth-order valence-electron chi connectivity index (χ4n) is 2.28. The second-order valence-corrected chi connectivity index (χ2v) is 6.62. The third-order valence-electron chi connectivity index (χ3n) is 3.83. The van der Waals surface area contributed by atoms with Gasteiger partial charge in [0.15, 0.2) is 6.10 Å². The van der Waals surface area contributed by atoms with E-state index in [1.54, 1.807) is 25.1 Å². The summed E-state index contributed by atoms with van der Waals surface area (Å²) in [6, 6.07) is 4.86. The van der Waals surface area contributed by atoms with Gasteiger partial charge in [0.1, 0.15) is 5.75 Å². The molecule has 2 atom stereocenters. The van der Waals surface area contributed by atoms with Gasteiger partial charge in [-0.1, -0.05) is 23.2 Å². The van der Waals surface area contributed by atoms with Crippen molar-refractivity contribution in [1.82, 2.24) is 5.32 Å². The lowest BCUT2D eigenvalue weighted by Gasteiger charge is -2.31. The summed E-state index contributed by atoms with van der Waals surface area (Å²) in [6.07, 6.45) is 1.56. The molecular weight excluding hydrogens is 311 g/mol. The van der Waals surface area contributed by atoms with E-state index < -0.39 is 6.10 Å². The summed E-state index contributed by atoms with van der Waals surface area (Å²) >= 11 is 11.8. The predicted octanol–water partition coefficient (Wildman–Crippen LogP) is 3.00. The molecule has 1 aromatic carbocycles. The van der Waals surface area contributed by atoms with E-state index in [9.17, 15) is 4.79 Å². The predicted molar refractivity (Wildman–Crippen MR) is 84.9 cm³/mol. The van der Waals surface area contributed by atoms with E-state index in [4.69, 9.17) is 33.7 Å². The number of hydrogen-bond donors (Lipinski definition) is 2. The molecule has 0 aromatic heterocycles. The summed E-state index contributed by atoms with van der Waals surface area (Å²) in [5.74, 6) is 0.737. The molecule has 2 unspecified atom stereocenters. The van der Waals surface area contributed by atoms with Gasteiger partial charge in [-0.25, -0.2) is 0 Å². The van der Waals surface area contributed by atoms with E-state index >= 15 is 0 Å². The Balaban J connectivity index is 1.99. The Morgan fingerprint density at radius 3 is 2.48 bits per heavy atom. The average molecular weight is 331 g/mol. The third kappa shape index (κ3) is 4.25. The van der Waals surface area contributed by atoms with Crippen molar-refractivity contribution in [3.05, 3.63) is 28.2 Å². The highest BCUT2D eigenvalue weighted by atomic mass is 35.5. The smallest absolute Gasteiger partial charge is 0.261 e. The van der Waals surface area contributed by atoms with Gasteiger partial charge in [-0.15, -0.1) is 0 Å². The van der Waals surface area contributed by atoms with Crippen LogP contribution in [0.25, 0.3) is 0 Å². The van der Waals surface area contributed by atoms with Crippen LogP contribution >= 0.6 is 23.2 Å². The molecule has 0 radical (unpaired) electrons. The standard InChI is InChI=1S/C15H20Cl2N2O2/c1-9(21-13-6-11(16)5-12(17)7-13)14(20)19-15(2,8-18)10-3-4-10/h5-7,9-10H,3-4,8,18H2,1-2H3,(H,19,20). The van der Waals surface area contributed by atoms with E-state index in [0.717, 1.165) is 12.8 Å². The zero-order chi connectivity index (χ0) is 15.6. The van der Waals surface area contributed by atoms with Gasteiger partial charge in [-0.3, -0.25) is 4.79 Å². The number of hydrogen-bond acceptors (Lipinski definition) is 3. The minimum Gasteiger partial charge on any atom is -0.481 e. The fraction of sp³-hybridized carbons (Fsp3) is 0.533. The summed E-state index contributed by atoms with van der Waals surface area (Å²) in [5, 5.41) is 3.93. The summed E-state index contributed by atoms with van der Waals surface area (Å²) < 4.78 is 5.61. The maximum absolute atomic E-state index is 12.3. The number of rotatable bonds is 6. The van der Waals surface area contributed by atoms with Crippen LogP contribution in [0.15, 0.2) is 18.2 Å². The molecule has 0 saturated heterocycles. The van der Waals surface area contributed by atoms with Crippen molar-refractivity contribution in [3.8, 4) is 5.75 Å². The van der Waals surface area contributed by atoms with E-state index in [2.05, 4.69) is 5.32 Å². The van der Waals surface area contributed by atoms with Crippen LogP contribution in [0, 0.1) is 5.92 Å². The quantitative estimate of drug-likeness (QED) is 0.842. The number of benzene rings is 1. The van der Waals surface area contributed by atoms with Gasteiger partial charge in [0.25, 0.3) is 5.91 Å². The van der Waals surface area contributed by atoms with Crippen molar-refractivity contribution in [1.29, 1.82) is 0 Å². The lowest BCUT2D eigenvalue weighted by molar-refractivity contribution is -0.129. The molecule has 0 bridgehead atoms. The number of carbonyl (C=O) groups is 1. The van der Waals surface area contributed by atoms with Crippen molar-refractivity contribution >= 4 is 29.1 Å². The molecule has 0 heterocycles. The highest BCUT2D eigenvalue weighted by Gasteiger charge is 2.42. The third-order valence-corrected chi connectivity index (χ3v) is 4.27. The Hall–Kier alpha value is -0.970. The van der Waals surface area contributed by atoms with Crippen molar-refractivity contribution in [2.45, 2.75) is 38.3 Å². The van der Waals surface area contributed by atoms with Gasteiger partial charge >= 0.3 is 0 Å². The molecule has 3 N–H and O–H groups in total.